The van der Waals surface area contributed by atoms with Crippen molar-refractivity contribution in [3.63, 3.8) is 0 Å². The Kier molecular flexibility index (Phi) is 7.92. The molecule has 1 heterocycles. The highest BCUT2D eigenvalue weighted by atomic mass is 35.5. The molecule has 8 nitrogen and oxygen atoms in total. The maximum absolute atomic E-state index is 13.8. The van der Waals surface area contributed by atoms with Gasteiger partial charge in [-0.25, -0.2) is 9.18 Å². The van der Waals surface area contributed by atoms with Gasteiger partial charge < -0.3 is 30.5 Å². The Hall–Kier alpha value is -3.82. The third-order valence-corrected chi connectivity index (χ3v) is 6.11. The number of rotatable bonds is 6. The molecule has 3 aromatic carbocycles. The van der Waals surface area contributed by atoms with Crippen molar-refractivity contribution in [2.75, 3.05) is 55.8 Å². The Bertz CT molecular complexity index is 1250. The lowest BCUT2D eigenvalue weighted by Gasteiger charge is -2.34. The molecular weight excluding hydrogens is 485 g/mol. The van der Waals surface area contributed by atoms with Gasteiger partial charge in [-0.2, -0.15) is 0 Å². The summed E-state index contributed by atoms with van der Waals surface area (Å²) in [6.45, 7) is 3.76. The van der Waals surface area contributed by atoms with E-state index in [-0.39, 0.29) is 5.56 Å². The molecule has 0 atom stereocenters. The minimum absolute atomic E-state index is 0.110. The Morgan fingerprint density at radius 2 is 1.53 bits per heavy atom. The number of nitrogens with one attached hydrogen (secondary N) is 3. The maximum Gasteiger partial charge on any atom is 0.323 e. The van der Waals surface area contributed by atoms with Crippen molar-refractivity contribution in [3.05, 3.63) is 77.1 Å². The summed E-state index contributed by atoms with van der Waals surface area (Å²) in [7, 11) is 3.52. The minimum Gasteiger partial charge on any atom is -0.457 e. The van der Waals surface area contributed by atoms with E-state index in [0.29, 0.717) is 27.9 Å². The summed E-state index contributed by atoms with van der Waals surface area (Å²) in [5, 5.41) is 8.51. The summed E-state index contributed by atoms with van der Waals surface area (Å²) < 4.78 is 19.6. The van der Waals surface area contributed by atoms with Crippen LogP contribution in [0.25, 0.3) is 0 Å². The van der Waals surface area contributed by atoms with E-state index in [1.807, 2.05) is 12.1 Å². The molecule has 1 saturated heterocycles. The van der Waals surface area contributed by atoms with E-state index in [1.54, 1.807) is 30.3 Å². The molecular formula is C26H27ClFN5O3. The van der Waals surface area contributed by atoms with Crippen molar-refractivity contribution in [2.45, 2.75) is 0 Å². The third-order valence-electron chi connectivity index (χ3n) is 5.81. The van der Waals surface area contributed by atoms with Gasteiger partial charge in [0.25, 0.3) is 5.91 Å². The van der Waals surface area contributed by atoms with Gasteiger partial charge in [0.05, 0.1) is 16.3 Å². The third kappa shape index (κ3) is 6.24. The fraction of sp³-hybridized carbons (Fsp3) is 0.231. The molecule has 0 radical (unpaired) electrons. The first-order valence-corrected chi connectivity index (χ1v) is 11.8. The van der Waals surface area contributed by atoms with Crippen LogP contribution in [0.5, 0.6) is 11.5 Å². The van der Waals surface area contributed by atoms with Crippen molar-refractivity contribution in [1.82, 2.24) is 10.2 Å². The number of likely N-dealkylation sites (N-methyl/N-ethyl adjacent to an activating group) is 1. The molecule has 0 aromatic heterocycles. The number of carbonyl (C=O) groups excluding carboxylic acids is 2. The average Bonchev–Trinajstić information content (AvgIpc) is 2.86. The van der Waals surface area contributed by atoms with Crippen LogP contribution in [0, 0.1) is 5.82 Å². The van der Waals surface area contributed by atoms with Gasteiger partial charge in [-0.3, -0.25) is 4.79 Å². The zero-order valence-corrected chi connectivity index (χ0v) is 20.7. The number of hydrogen-bond donors (Lipinski definition) is 3. The van der Waals surface area contributed by atoms with Gasteiger partial charge in [0.2, 0.25) is 0 Å². The van der Waals surface area contributed by atoms with E-state index in [9.17, 15) is 14.0 Å². The number of amides is 3. The van der Waals surface area contributed by atoms with Crippen molar-refractivity contribution in [1.29, 1.82) is 0 Å². The first-order chi connectivity index (χ1) is 17.3. The Morgan fingerprint density at radius 1 is 0.889 bits per heavy atom. The smallest absolute Gasteiger partial charge is 0.323 e. The summed E-state index contributed by atoms with van der Waals surface area (Å²) >= 11 is 6.49. The van der Waals surface area contributed by atoms with Gasteiger partial charge in [-0.15, -0.1) is 0 Å². The molecule has 0 bridgehead atoms. The molecule has 0 unspecified atom stereocenters. The number of benzene rings is 3. The summed E-state index contributed by atoms with van der Waals surface area (Å²) in [5.74, 6) is -0.409. The first-order valence-electron chi connectivity index (χ1n) is 11.4. The quantitative estimate of drug-likeness (QED) is 0.432. The van der Waals surface area contributed by atoms with Crippen LogP contribution in [0.15, 0.2) is 60.7 Å². The van der Waals surface area contributed by atoms with Crippen LogP contribution in [0.1, 0.15) is 10.4 Å². The molecule has 188 valence electrons. The number of piperazine rings is 1. The molecule has 36 heavy (non-hydrogen) atoms. The van der Waals surface area contributed by atoms with E-state index < -0.39 is 17.8 Å². The van der Waals surface area contributed by atoms with E-state index in [4.69, 9.17) is 16.3 Å². The number of carbonyl (C=O) groups is 2. The molecule has 1 aliphatic heterocycles. The van der Waals surface area contributed by atoms with Gasteiger partial charge in [-0.1, -0.05) is 11.6 Å². The highest BCUT2D eigenvalue weighted by Gasteiger charge is 2.17. The van der Waals surface area contributed by atoms with Crippen molar-refractivity contribution >= 4 is 40.6 Å². The summed E-state index contributed by atoms with van der Waals surface area (Å²) in [5.41, 5.74) is 1.97. The monoisotopic (exact) mass is 511 g/mol. The Balaban J connectivity index is 1.34. The van der Waals surface area contributed by atoms with Crippen molar-refractivity contribution in [2.24, 2.45) is 0 Å². The molecule has 3 amide bonds. The summed E-state index contributed by atoms with van der Waals surface area (Å²) in [4.78, 5) is 28.7. The predicted molar refractivity (Wildman–Crippen MR) is 140 cm³/mol. The van der Waals surface area contributed by atoms with Crippen LogP contribution >= 0.6 is 11.6 Å². The largest absolute Gasteiger partial charge is 0.457 e. The van der Waals surface area contributed by atoms with Crippen LogP contribution in [0.2, 0.25) is 5.02 Å². The fourth-order valence-corrected chi connectivity index (χ4v) is 4.10. The second kappa shape index (κ2) is 11.3. The Labute approximate surface area is 214 Å². The average molecular weight is 512 g/mol. The fourth-order valence-electron chi connectivity index (χ4n) is 3.80. The lowest BCUT2D eigenvalue weighted by molar-refractivity contribution is 0.0958. The van der Waals surface area contributed by atoms with Gasteiger partial charge >= 0.3 is 6.03 Å². The summed E-state index contributed by atoms with van der Waals surface area (Å²) in [6.07, 6.45) is 0. The number of urea groups is 1. The van der Waals surface area contributed by atoms with E-state index >= 15 is 0 Å². The number of halogens is 2. The van der Waals surface area contributed by atoms with Crippen LogP contribution in [0.4, 0.5) is 26.2 Å². The SMILES string of the molecule is CNC(=O)c1cc(Oc2ccc(NC(=O)Nc3ccc(N4CCN(C)CC4)c(Cl)c3)cc2)ccc1F. The van der Waals surface area contributed by atoms with E-state index in [0.717, 1.165) is 31.9 Å². The molecule has 1 fully saturated rings. The maximum atomic E-state index is 13.8. The highest BCUT2D eigenvalue weighted by molar-refractivity contribution is 6.33. The number of nitrogens with zero attached hydrogens (tertiary/aromatic N) is 2. The molecule has 0 aliphatic carbocycles. The normalized spacial score (nSPS) is 13.7. The molecule has 4 rings (SSSR count). The number of hydrogen-bond acceptors (Lipinski definition) is 5. The number of anilines is 3. The van der Waals surface area contributed by atoms with E-state index in [2.05, 4.69) is 32.8 Å². The van der Waals surface area contributed by atoms with Gasteiger partial charge in [0, 0.05) is 44.6 Å². The second-order valence-corrected chi connectivity index (χ2v) is 8.79. The zero-order chi connectivity index (χ0) is 25.7. The second-order valence-electron chi connectivity index (χ2n) is 8.38. The van der Waals surface area contributed by atoms with Crippen LogP contribution in [-0.2, 0) is 0 Å². The number of ether oxygens (including phenoxy) is 1. The molecule has 3 N–H and O–H groups in total. The topological polar surface area (TPSA) is 85.9 Å². The van der Waals surface area contributed by atoms with Gasteiger partial charge in [-0.05, 0) is 67.7 Å². The first kappa shape index (κ1) is 25.3. The van der Waals surface area contributed by atoms with E-state index in [1.165, 1.54) is 25.2 Å². The lowest BCUT2D eigenvalue weighted by atomic mass is 10.2. The molecule has 1 aliphatic rings. The predicted octanol–water partition coefficient (Wildman–Crippen LogP) is 5.03. The minimum atomic E-state index is -0.637. The lowest BCUT2D eigenvalue weighted by Crippen LogP contribution is -2.44. The zero-order valence-electron chi connectivity index (χ0n) is 20.0. The molecule has 10 heteroatoms. The highest BCUT2D eigenvalue weighted by Crippen LogP contribution is 2.30. The van der Waals surface area contributed by atoms with Crippen LogP contribution in [-0.4, -0.2) is 57.1 Å². The van der Waals surface area contributed by atoms with Gasteiger partial charge in [0.15, 0.2) is 0 Å². The molecule has 3 aromatic rings. The standard InChI is InChI=1S/C26H27ClFN5O3/c1-29-25(34)21-16-20(8-9-23(21)28)36-19-6-3-17(4-7-19)30-26(35)31-18-5-10-24(22(27)15-18)33-13-11-32(2)12-14-33/h3-10,15-16H,11-14H2,1-2H3,(H,29,34)(H2,30,31,35). The summed E-state index contributed by atoms with van der Waals surface area (Å²) in [6, 6.07) is 15.6. The van der Waals surface area contributed by atoms with Crippen molar-refractivity contribution in [3.8, 4) is 11.5 Å². The van der Waals surface area contributed by atoms with Crippen LogP contribution < -0.4 is 25.6 Å². The molecule has 0 spiro atoms. The Morgan fingerprint density at radius 3 is 2.19 bits per heavy atom. The van der Waals surface area contributed by atoms with Crippen molar-refractivity contribution < 1.29 is 18.7 Å². The van der Waals surface area contributed by atoms with Crippen LogP contribution in [0.3, 0.4) is 0 Å². The molecule has 0 saturated carbocycles. The van der Waals surface area contributed by atoms with Gasteiger partial charge in [0.1, 0.15) is 17.3 Å².